The van der Waals surface area contributed by atoms with Crippen molar-refractivity contribution in [2.45, 2.75) is 38.0 Å². The van der Waals surface area contributed by atoms with E-state index >= 15 is 0 Å². The molecule has 2 rings (SSSR count). The van der Waals surface area contributed by atoms with Gasteiger partial charge in [-0.15, -0.1) is 4.72 Å². The Morgan fingerprint density at radius 3 is 2.55 bits per heavy atom. The van der Waals surface area contributed by atoms with E-state index < -0.39 is 27.6 Å². The zero-order valence-electron chi connectivity index (χ0n) is 13.1. The van der Waals surface area contributed by atoms with E-state index in [-0.39, 0.29) is 0 Å². The summed E-state index contributed by atoms with van der Waals surface area (Å²) >= 11 is 4.70. The Balaban J connectivity index is 2.36. The van der Waals surface area contributed by atoms with Gasteiger partial charge in [0.1, 0.15) is 16.0 Å². The van der Waals surface area contributed by atoms with Crippen molar-refractivity contribution in [3.8, 4) is 5.75 Å². The zero-order chi connectivity index (χ0) is 16.5. The van der Waals surface area contributed by atoms with E-state index in [4.69, 9.17) is 21.1 Å². The number of hydrogen-bond donors (Lipinski definition) is 1. The van der Waals surface area contributed by atoms with Crippen LogP contribution in [0.4, 0.5) is 0 Å². The molecule has 1 heterocycles. The van der Waals surface area contributed by atoms with Gasteiger partial charge in [0.2, 0.25) is 0 Å². The number of ether oxygens (including phenoxy) is 2. The summed E-state index contributed by atoms with van der Waals surface area (Å²) in [5.74, 6) is -0.0717. The van der Waals surface area contributed by atoms with E-state index in [0.29, 0.717) is 24.0 Å². The number of carbonyl (C=O) groups is 1. The van der Waals surface area contributed by atoms with Crippen molar-refractivity contribution in [1.82, 2.24) is 4.72 Å². The Morgan fingerprint density at radius 1 is 1.45 bits per heavy atom. The Bertz CT molecular complexity index is 569. The topological polar surface area (TPSA) is 70.6 Å². The van der Waals surface area contributed by atoms with Crippen LogP contribution >= 0.6 is 11.6 Å². The molecule has 0 bridgehead atoms. The summed E-state index contributed by atoms with van der Waals surface area (Å²) in [5.41, 5.74) is 0.0731. The van der Waals surface area contributed by atoms with Crippen LogP contribution in [0.3, 0.4) is 0 Å². The molecule has 0 spiro atoms. The number of benzene rings is 1. The highest BCUT2D eigenvalue weighted by Crippen LogP contribution is 2.39. The fourth-order valence-corrected chi connectivity index (χ4v) is 3.09. The molecule has 1 saturated heterocycles. The van der Waals surface area contributed by atoms with Gasteiger partial charge in [-0.05, 0) is 32.9 Å². The summed E-state index contributed by atoms with van der Waals surface area (Å²) in [6, 6.07) is 5.07. The van der Waals surface area contributed by atoms with E-state index in [0.717, 1.165) is 5.56 Å². The highest BCUT2D eigenvalue weighted by Gasteiger charge is 2.48. The minimum absolute atomic E-state index is 0.352. The second-order valence-corrected chi connectivity index (χ2v) is 8.69. The van der Waals surface area contributed by atoms with E-state index in [1.807, 2.05) is 20.8 Å². The van der Waals surface area contributed by atoms with Crippen molar-refractivity contribution in [2.75, 3.05) is 13.2 Å². The van der Waals surface area contributed by atoms with Crippen molar-refractivity contribution < 1.29 is 18.8 Å². The van der Waals surface area contributed by atoms with Crippen LogP contribution in [-0.2, 0) is 26.4 Å². The maximum absolute atomic E-state index is 12.5. The van der Waals surface area contributed by atoms with E-state index in [2.05, 4.69) is 4.72 Å². The van der Waals surface area contributed by atoms with Crippen LogP contribution in [-0.4, -0.2) is 28.5 Å². The maximum atomic E-state index is 12.5. The molecule has 1 fully saturated rings. The number of esters is 1. The number of carbonyl (C=O) groups excluding carboxylic acids is 1. The predicted molar refractivity (Wildman–Crippen MR) is 86.3 cm³/mol. The summed E-state index contributed by atoms with van der Waals surface area (Å²) < 4.78 is 25.8. The molecule has 0 aliphatic carbocycles. The van der Waals surface area contributed by atoms with Crippen LogP contribution < -0.4 is 9.46 Å². The third-order valence-corrected chi connectivity index (χ3v) is 5.18. The van der Waals surface area contributed by atoms with Crippen LogP contribution in [0.25, 0.3) is 0 Å². The van der Waals surface area contributed by atoms with Gasteiger partial charge in [0.15, 0.2) is 0 Å². The van der Waals surface area contributed by atoms with Gasteiger partial charge in [-0.2, -0.15) is 0 Å². The van der Waals surface area contributed by atoms with Gasteiger partial charge >= 0.3 is 5.97 Å². The molecule has 1 unspecified atom stereocenters. The van der Waals surface area contributed by atoms with Crippen LogP contribution in [0.1, 0.15) is 33.3 Å². The largest absolute Gasteiger partial charge is 0.598 e. The van der Waals surface area contributed by atoms with Crippen molar-refractivity contribution in [1.29, 1.82) is 0 Å². The Kier molecular flexibility index (Phi) is 5.09. The first kappa shape index (κ1) is 17.6. The molecule has 122 valence electrons. The second kappa shape index (κ2) is 6.37. The summed E-state index contributed by atoms with van der Waals surface area (Å²) in [6.45, 7) is 7.69. The lowest BCUT2D eigenvalue weighted by Crippen LogP contribution is -2.61. The molecule has 0 radical (unpaired) electrons. The molecule has 7 heteroatoms. The van der Waals surface area contributed by atoms with Gasteiger partial charge in [0, 0.05) is 28.9 Å². The minimum Gasteiger partial charge on any atom is -0.598 e. The molecule has 1 atom stereocenters. The first-order valence-corrected chi connectivity index (χ1v) is 8.43. The lowest BCUT2D eigenvalue weighted by atomic mass is 9.88. The number of halogens is 1. The highest BCUT2D eigenvalue weighted by atomic mass is 35.5. The SMILES string of the molecule is CC(=O)Oc1cc(Cl)ccc1C1(N[S+]([O-])C(C)(C)C)COC1. The summed E-state index contributed by atoms with van der Waals surface area (Å²) in [6.07, 6.45) is 0. The predicted octanol–water partition coefficient (Wildman–Crippen LogP) is 2.54. The lowest BCUT2D eigenvalue weighted by Gasteiger charge is -2.43. The van der Waals surface area contributed by atoms with Gasteiger partial charge < -0.3 is 14.0 Å². The molecule has 1 aliphatic heterocycles. The van der Waals surface area contributed by atoms with Crippen molar-refractivity contribution >= 4 is 28.9 Å². The van der Waals surface area contributed by atoms with Crippen LogP contribution in [0.5, 0.6) is 5.75 Å². The van der Waals surface area contributed by atoms with E-state index in [1.165, 1.54) is 6.92 Å². The Hall–Kier alpha value is -0.790. The number of nitrogens with one attached hydrogen (secondary N) is 1. The molecule has 1 aromatic rings. The fourth-order valence-electron chi connectivity index (χ4n) is 2.04. The molecule has 0 aromatic heterocycles. The molecule has 22 heavy (non-hydrogen) atoms. The number of rotatable bonds is 4. The van der Waals surface area contributed by atoms with Gasteiger partial charge in [0.05, 0.1) is 13.2 Å². The van der Waals surface area contributed by atoms with Crippen molar-refractivity contribution in [3.05, 3.63) is 28.8 Å². The standard InChI is InChI=1S/C15H20ClNO4S/c1-10(18)21-13-7-11(16)5-6-12(13)15(8-20-9-15)17-22(19)14(2,3)4/h5-7,17H,8-9H2,1-4H3. The minimum atomic E-state index is -1.29. The molecule has 1 N–H and O–H groups in total. The normalized spacial score (nSPS) is 18.5. The monoisotopic (exact) mass is 345 g/mol. The summed E-state index contributed by atoms with van der Waals surface area (Å²) in [5, 5.41) is 0.465. The third kappa shape index (κ3) is 3.75. The molecule has 1 aliphatic rings. The average Bonchev–Trinajstić information content (AvgIpc) is 2.32. The molecule has 0 saturated carbocycles. The molecule has 0 amide bonds. The first-order chi connectivity index (χ1) is 10.1. The quantitative estimate of drug-likeness (QED) is 0.516. The maximum Gasteiger partial charge on any atom is 0.308 e. The van der Waals surface area contributed by atoms with Gasteiger partial charge in [-0.1, -0.05) is 17.7 Å². The smallest absolute Gasteiger partial charge is 0.308 e. The summed E-state index contributed by atoms with van der Waals surface area (Å²) in [7, 11) is 0. The van der Waals surface area contributed by atoms with Crippen LogP contribution in [0.15, 0.2) is 18.2 Å². The third-order valence-electron chi connectivity index (χ3n) is 3.25. The van der Waals surface area contributed by atoms with Gasteiger partial charge in [0.25, 0.3) is 0 Å². The molecule has 1 aromatic carbocycles. The van der Waals surface area contributed by atoms with Crippen LogP contribution in [0, 0.1) is 0 Å². The van der Waals surface area contributed by atoms with E-state index in [1.54, 1.807) is 18.2 Å². The van der Waals surface area contributed by atoms with Gasteiger partial charge in [-0.3, -0.25) is 4.79 Å². The van der Waals surface area contributed by atoms with Crippen LogP contribution in [0.2, 0.25) is 5.02 Å². The zero-order valence-corrected chi connectivity index (χ0v) is 14.6. The highest BCUT2D eigenvalue weighted by molar-refractivity contribution is 7.90. The molecular formula is C15H20ClNO4S. The average molecular weight is 346 g/mol. The number of hydrogen-bond acceptors (Lipinski definition) is 5. The summed E-state index contributed by atoms with van der Waals surface area (Å²) in [4.78, 5) is 11.3. The lowest BCUT2D eigenvalue weighted by molar-refractivity contribution is -0.132. The Labute approximate surface area is 138 Å². The van der Waals surface area contributed by atoms with E-state index in [9.17, 15) is 9.35 Å². The van der Waals surface area contributed by atoms with Crippen molar-refractivity contribution in [3.63, 3.8) is 0 Å². The van der Waals surface area contributed by atoms with Gasteiger partial charge in [-0.25, -0.2) is 0 Å². The second-order valence-electron chi connectivity index (χ2n) is 6.29. The first-order valence-electron chi connectivity index (χ1n) is 6.90. The Morgan fingerprint density at radius 2 is 2.09 bits per heavy atom. The fraction of sp³-hybridized carbons (Fsp3) is 0.533. The van der Waals surface area contributed by atoms with Crippen molar-refractivity contribution in [2.24, 2.45) is 0 Å². The molecular weight excluding hydrogens is 326 g/mol. The molecule has 5 nitrogen and oxygen atoms in total.